The lowest BCUT2D eigenvalue weighted by Crippen LogP contribution is -2.40. The van der Waals surface area contributed by atoms with Crippen molar-refractivity contribution in [2.75, 3.05) is 20.1 Å². The molecule has 3 atom stereocenters. The van der Waals surface area contributed by atoms with Crippen LogP contribution in [-0.4, -0.2) is 51.1 Å². The topological polar surface area (TPSA) is 141 Å². The first-order valence-electron chi connectivity index (χ1n) is 10.2. The summed E-state index contributed by atoms with van der Waals surface area (Å²) in [6.07, 6.45) is -1.02. The van der Waals surface area contributed by atoms with Crippen molar-refractivity contribution in [1.82, 2.24) is 4.90 Å². The number of β-amino-alcohol motifs (C(OH)–C–C–N with tert-alkyl or cyclic N) is 1. The van der Waals surface area contributed by atoms with Crippen molar-refractivity contribution in [3.05, 3.63) is 57.2 Å². The highest BCUT2D eigenvalue weighted by molar-refractivity contribution is 7.46. The molecule has 170 valence electrons. The van der Waals surface area contributed by atoms with Gasteiger partial charge in [-0.25, -0.2) is 4.57 Å². The van der Waals surface area contributed by atoms with Crippen LogP contribution >= 0.6 is 19.4 Å². The number of aliphatic hydroxyl groups is 1. The summed E-state index contributed by atoms with van der Waals surface area (Å²) < 4.78 is 30.7. The lowest BCUT2D eigenvalue weighted by Gasteiger charge is -2.34. The molecule has 2 aromatic carbocycles. The second-order valence-electron chi connectivity index (χ2n) is 7.58. The molecule has 1 fully saturated rings. The number of halogens is 1. The molecule has 1 aromatic heterocycles. The maximum absolute atomic E-state index is 13.0. The number of nitrogens with zero attached hydrogens (tertiary/aromatic N) is 1. The highest BCUT2D eigenvalue weighted by Crippen LogP contribution is 2.48. The number of hydrogen-bond donors (Lipinski definition) is 4. The Bertz CT molecular complexity index is 1330. The minimum absolute atomic E-state index is 0.0185. The number of phosphoric acid groups is 1. The third kappa shape index (κ3) is 4.41. The van der Waals surface area contributed by atoms with E-state index in [1.54, 1.807) is 36.2 Å². The average molecular weight is 483 g/mol. The fourth-order valence-electron chi connectivity index (χ4n) is 3.92. The third-order valence-electron chi connectivity index (χ3n) is 5.32. The molecule has 4 N–H and O–H groups in total. The van der Waals surface area contributed by atoms with Gasteiger partial charge in [0.05, 0.1) is 11.1 Å². The molecule has 9 nitrogen and oxygen atoms in total. The molecule has 1 aliphatic rings. The van der Waals surface area contributed by atoms with Gasteiger partial charge in [0.1, 0.15) is 28.2 Å². The molecule has 0 spiro atoms. The first-order valence-corrected chi connectivity index (χ1v) is 11.5. The van der Waals surface area contributed by atoms with Gasteiger partial charge in [-0.1, -0.05) is 23.7 Å². The lowest BCUT2D eigenvalue weighted by molar-refractivity contribution is 0.0632. The van der Waals surface area contributed by atoms with E-state index < -0.39 is 43.3 Å². The fraction of sp³-hybridized carbons (Fsp3) is 0.286. The molecule has 0 bridgehead atoms. The Balaban J connectivity index is 2.06. The number of benzene rings is 2. The third-order valence-corrected chi connectivity index (χ3v) is 6.08. The largest absolute Gasteiger partial charge is 0.524 e. The Morgan fingerprint density at radius 2 is 2.03 bits per heavy atom. The number of likely N-dealkylation sites (N-methyl/N-ethyl adjacent to an activating group) is 1. The zero-order chi connectivity index (χ0) is 24.1. The number of fused-ring (bicyclic) bond motifs is 1. The predicted molar refractivity (Wildman–Crippen MR) is 118 cm³/mol. The maximum atomic E-state index is 13.0. The SMILES string of the molecule is [2H]C1CC(c2c(OP(=O)(O)O)cc(O)c3c(=O)cc(-c4ccccc4Cl)oc23)C(O)CN1C. The second kappa shape index (κ2) is 8.51. The molecule has 4 rings (SSSR count). The number of phenols is 1. The van der Waals surface area contributed by atoms with E-state index in [1.807, 2.05) is 0 Å². The normalized spacial score (nSPS) is 22.7. The van der Waals surface area contributed by atoms with Crippen LogP contribution in [0, 0.1) is 0 Å². The molecule has 1 aliphatic heterocycles. The number of hydrogen-bond acceptors (Lipinski definition) is 7. The number of phosphoric ester groups is 1. The first-order chi connectivity index (χ1) is 15.5. The number of rotatable bonds is 4. The molecule has 1 saturated heterocycles. The van der Waals surface area contributed by atoms with Crippen LogP contribution in [0.5, 0.6) is 11.5 Å². The average Bonchev–Trinajstić information content (AvgIpc) is 2.70. The van der Waals surface area contributed by atoms with E-state index in [2.05, 4.69) is 0 Å². The number of aromatic hydroxyl groups is 1. The number of aliphatic hydroxyl groups excluding tert-OH is 1. The summed E-state index contributed by atoms with van der Waals surface area (Å²) in [5.41, 5.74) is -0.471. The summed E-state index contributed by atoms with van der Waals surface area (Å²) in [6, 6.07) is 8.65. The maximum Gasteiger partial charge on any atom is 0.524 e. The van der Waals surface area contributed by atoms with E-state index in [1.165, 1.54) is 0 Å². The molecule has 0 saturated carbocycles. The van der Waals surface area contributed by atoms with E-state index >= 15 is 0 Å². The lowest BCUT2D eigenvalue weighted by atomic mass is 9.85. The zero-order valence-corrected chi connectivity index (χ0v) is 18.5. The van der Waals surface area contributed by atoms with E-state index in [0.29, 0.717) is 10.6 Å². The van der Waals surface area contributed by atoms with E-state index in [4.69, 9.17) is 21.9 Å². The monoisotopic (exact) mass is 482 g/mol. The molecular formula is C21H21ClNO8P. The van der Waals surface area contributed by atoms with Gasteiger partial charge in [0, 0.05) is 37.1 Å². The van der Waals surface area contributed by atoms with Gasteiger partial charge in [-0.15, -0.1) is 0 Å². The predicted octanol–water partition coefficient (Wildman–Crippen LogP) is 3.07. The Morgan fingerprint density at radius 1 is 1.31 bits per heavy atom. The molecule has 0 radical (unpaired) electrons. The van der Waals surface area contributed by atoms with E-state index in [-0.39, 0.29) is 35.3 Å². The van der Waals surface area contributed by atoms with Gasteiger partial charge in [0.2, 0.25) is 0 Å². The molecular weight excluding hydrogens is 461 g/mol. The van der Waals surface area contributed by atoms with Gasteiger partial charge in [-0.3, -0.25) is 14.6 Å². The summed E-state index contributed by atoms with van der Waals surface area (Å²) >= 11 is 6.25. The van der Waals surface area contributed by atoms with Crippen LogP contribution in [0.15, 0.2) is 45.6 Å². The summed E-state index contributed by atoms with van der Waals surface area (Å²) in [5, 5.41) is 21.3. The molecule has 11 heteroatoms. The molecule has 0 amide bonds. The minimum atomic E-state index is -5.09. The van der Waals surface area contributed by atoms with Crippen LogP contribution in [0.4, 0.5) is 0 Å². The summed E-state index contributed by atoms with van der Waals surface area (Å²) in [4.78, 5) is 33.4. The van der Waals surface area contributed by atoms with Crippen molar-refractivity contribution < 1.29 is 34.9 Å². The molecule has 32 heavy (non-hydrogen) atoms. The van der Waals surface area contributed by atoms with Crippen molar-refractivity contribution in [2.45, 2.75) is 18.4 Å². The first kappa shape index (κ1) is 21.5. The van der Waals surface area contributed by atoms with Crippen molar-refractivity contribution in [2.24, 2.45) is 0 Å². The second-order valence-corrected chi connectivity index (χ2v) is 9.15. The summed E-state index contributed by atoms with van der Waals surface area (Å²) in [5.74, 6) is -1.88. The van der Waals surface area contributed by atoms with Gasteiger partial charge in [-0.2, -0.15) is 0 Å². The highest BCUT2D eigenvalue weighted by atomic mass is 35.5. The van der Waals surface area contributed by atoms with Crippen molar-refractivity contribution >= 4 is 30.4 Å². The van der Waals surface area contributed by atoms with Crippen molar-refractivity contribution in [3.8, 4) is 22.8 Å². The van der Waals surface area contributed by atoms with Crippen LogP contribution < -0.4 is 9.95 Å². The van der Waals surface area contributed by atoms with Crippen LogP contribution in [0.1, 0.15) is 19.3 Å². The number of piperidine rings is 1. The fourth-order valence-corrected chi connectivity index (χ4v) is 4.55. The highest BCUT2D eigenvalue weighted by Gasteiger charge is 2.35. The zero-order valence-electron chi connectivity index (χ0n) is 17.8. The molecule has 2 heterocycles. The van der Waals surface area contributed by atoms with Crippen LogP contribution in [0.3, 0.4) is 0 Å². The Labute approximate surface area is 189 Å². The number of phenolic OH excluding ortho intramolecular Hbond substituents is 1. The summed E-state index contributed by atoms with van der Waals surface area (Å²) in [6.45, 7) is -0.658. The van der Waals surface area contributed by atoms with E-state index in [0.717, 1.165) is 12.1 Å². The molecule has 3 aromatic rings. The standard InChI is InChI=1S/C21H21ClNO8P/c1-23-7-6-12(16(26)10-23)19-18(31-32(27,28)29)9-15(25)20-14(24)8-17(30-21(19)20)11-4-2-3-5-13(11)22/h2-5,8-9,12,16,25-26H,6-7,10H2,1H3,(H2,27,28,29)/i7D. The van der Waals surface area contributed by atoms with Crippen LogP contribution in [-0.2, 0) is 4.57 Å². The Hall–Kier alpha value is -2.39. The minimum Gasteiger partial charge on any atom is -0.507 e. The van der Waals surface area contributed by atoms with Crippen LogP contribution in [0.25, 0.3) is 22.3 Å². The smallest absolute Gasteiger partial charge is 0.507 e. The molecule has 3 unspecified atom stereocenters. The van der Waals surface area contributed by atoms with Gasteiger partial charge in [0.15, 0.2) is 5.43 Å². The van der Waals surface area contributed by atoms with Gasteiger partial charge < -0.3 is 24.1 Å². The number of likely N-dealkylation sites (tertiary alicyclic amines) is 1. The van der Waals surface area contributed by atoms with E-state index in [9.17, 15) is 29.4 Å². The van der Waals surface area contributed by atoms with Crippen molar-refractivity contribution in [3.63, 3.8) is 0 Å². The van der Waals surface area contributed by atoms with Crippen molar-refractivity contribution in [1.29, 1.82) is 0 Å². The summed E-state index contributed by atoms with van der Waals surface area (Å²) in [7, 11) is -3.43. The van der Waals surface area contributed by atoms with Gasteiger partial charge in [-0.05, 0) is 32.1 Å². The Kier molecular flexibility index (Phi) is 5.71. The molecule has 0 aliphatic carbocycles. The van der Waals surface area contributed by atoms with Crippen LogP contribution in [0.2, 0.25) is 5.02 Å². The Morgan fingerprint density at radius 3 is 2.72 bits per heavy atom. The quantitative estimate of drug-likeness (QED) is 0.413. The van der Waals surface area contributed by atoms with Gasteiger partial charge >= 0.3 is 7.82 Å². The van der Waals surface area contributed by atoms with Gasteiger partial charge in [0.25, 0.3) is 0 Å².